The Morgan fingerprint density at radius 2 is 1.86 bits per heavy atom. The van der Waals surface area contributed by atoms with E-state index in [4.69, 9.17) is 4.74 Å². The standard InChI is InChI=1S/C15H23F3N2O/c1-3-8-19-11-13-4-6-14(7-5-13)21-10-9-20(2)12-15(16,17)18/h4-7,19H,3,8-12H2,1-2H3. The molecule has 0 atom stereocenters. The van der Waals surface area contributed by atoms with Crippen molar-refractivity contribution in [3.8, 4) is 5.75 Å². The third-order valence-corrected chi connectivity index (χ3v) is 2.87. The predicted octanol–water partition coefficient (Wildman–Crippen LogP) is 3.06. The summed E-state index contributed by atoms with van der Waals surface area (Å²) in [5, 5.41) is 3.30. The van der Waals surface area contributed by atoms with Crippen molar-refractivity contribution in [2.45, 2.75) is 26.1 Å². The maximum Gasteiger partial charge on any atom is 0.401 e. The maximum atomic E-state index is 12.1. The molecule has 1 rings (SSSR count). The summed E-state index contributed by atoms with van der Waals surface area (Å²) < 4.78 is 41.9. The van der Waals surface area contributed by atoms with Crippen molar-refractivity contribution in [3.63, 3.8) is 0 Å². The van der Waals surface area contributed by atoms with E-state index in [2.05, 4.69) is 12.2 Å². The molecule has 1 aromatic rings. The molecule has 0 bridgehead atoms. The Hall–Kier alpha value is -1.27. The lowest BCUT2D eigenvalue weighted by Crippen LogP contribution is -2.33. The van der Waals surface area contributed by atoms with Gasteiger partial charge in [0.15, 0.2) is 0 Å². The predicted molar refractivity (Wildman–Crippen MR) is 77.5 cm³/mol. The normalized spacial score (nSPS) is 11.9. The van der Waals surface area contributed by atoms with Crippen molar-refractivity contribution in [3.05, 3.63) is 29.8 Å². The van der Waals surface area contributed by atoms with Gasteiger partial charge in [-0.3, -0.25) is 4.90 Å². The molecular weight excluding hydrogens is 281 g/mol. The Kier molecular flexibility index (Phi) is 7.53. The van der Waals surface area contributed by atoms with Crippen LogP contribution in [-0.4, -0.2) is 44.4 Å². The van der Waals surface area contributed by atoms with Gasteiger partial charge >= 0.3 is 6.18 Å². The van der Waals surface area contributed by atoms with Crippen LogP contribution in [0.1, 0.15) is 18.9 Å². The second-order valence-corrected chi connectivity index (χ2v) is 5.02. The Balaban J connectivity index is 2.26. The summed E-state index contributed by atoms with van der Waals surface area (Å²) in [5.41, 5.74) is 1.16. The van der Waals surface area contributed by atoms with Gasteiger partial charge in [-0.25, -0.2) is 0 Å². The van der Waals surface area contributed by atoms with E-state index in [0.717, 1.165) is 25.1 Å². The smallest absolute Gasteiger partial charge is 0.401 e. The fraction of sp³-hybridized carbons (Fsp3) is 0.600. The largest absolute Gasteiger partial charge is 0.492 e. The lowest BCUT2D eigenvalue weighted by atomic mass is 10.2. The van der Waals surface area contributed by atoms with Gasteiger partial charge in [0, 0.05) is 13.1 Å². The molecule has 0 radical (unpaired) electrons. The summed E-state index contributed by atoms with van der Waals surface area (Å²) in [4.78, 5) is 1.20. The Bertz CT molecular complexity index is 393. The molecule has 6 heteroatoms. The average Bonchev–Trinajstić information content (AvgIpc) is 2.39. The number of hydrogen-bond donors (Lipinski definition) is 1. The maximum absolute atomic E-state index is 12.1. The van der Waals surface area contributed by atoms with Gasteiger partial charge in [-0.15, -0.1) is 0 Å². The van der Waals surface area contributed by atoms with E-state index in [1.165, 1.54) is 11.9 Å². The van der Waals surface area contributed by atoms with Crippen LogP contribution in [0.15, 0.2) is 24.3 Å². The minimum atomic E-state index is -4.16. The first-order chi connectivity index (χ1) is 9.90. The molecule has 120 valence electrons. The van der Waals surface area contributed by atoms with Gasteiger partial charge in [0.05, 0.1) is 6.54 Å². The summed E-state index contributed by atoms with van der Waals surface area (Å²) in [6.45, 7) is 3.45. The molecule has 0 aliphatic carbocycles. The first-order valence-electron chi connectivity index (χ1n) is 7.08. The van der Waals surface area contributed by atoms with Crippen molar-refractivity contribution in [1.29, 1.82) is 0 Å². The first-order valence-corrected chi connectivity index (χ1v) is 7.08. The van der Waals surface area contributed by atoms with Gasteiger partial charge < -0.3 is 10.1 Å². The van der Waals surface area contributed by atoms with Crippen LogP contribution in [-0.2, 0) is 6.54 Å². The van der Waals surface area contributed by atoms with Crippen LogP contribution < -0.4 is 10.1 Å². The van der Waals surface area contributed by atoms with Crippen LogP contribution >= 0.6 is 0 Å². The van der Waals surface area contributed by atoms with Crippen LogP contribution in [0.25, 0.3) is 0 Å². The van der Waals surface area contributed by atoms with Crippen LogP contribution in [0.3, 0.4) is 0 Å². The monoisotopic (exact) mass is 304 g/mol. The Morgan fingerprint density at radius 1 is 1.19 bits per heavy atom. The van der Waals surface area contributed by atoms with Crippen LogP contribution in [0.5, 0.6) is 5.75 Å². The molecule has 0 unspecified atom stereocenters. The Labute approximate surface area is 124 Å². The molecule has 0 spiro atoms. The molecule has 0 saturated carbocycles. The van der Waals surface area contributed by atoms with Crippen molar-refractivity contribution in [2.24, 2.45) is 0 Å². The summed E-state index contributed by atoms with van der Waals surface area (Å²) in [7, 11) is 1.43. The fourth-order valence-electron chi connectivity index (χ4n) is 1.82. The van der Waals surface area contributed by atoms with Gasteiger partial charge in [0.2, 0.25) is 0 Å². The Morgan fingerprint density at radius 3 is 2.43 bits per heavy atom. The number of likely N-dealkylation sites (N-methyl/N-ethyl adjacent to an activating group) is 1. The molecule has 21 heavy (non-hydrogen) atoms. The number of hydrogen-bond acceptors (Lipinski definition) is 3. The van der Waals surface area contributed by atoms with E-state index < -0.39 is 12.7 Å². The second kappa shape index (κ2) is 8.89. The highest BCUT2D eigenvalue weighted by Gasteiger charge is 2.28. The molecule has 0 heterocycles. The minimum absolute atomic E-state index is 0.235. The number of ether oxygens (including phenoxy) is 1. The number of halogens is 3. The van der Waals surface area contributed by atoms with Crippen molar-refractivity contribution in [1.82, 2.24) is 10.2 Å². The van der Waals surface area contributed by atoms with E-state index in [0.29, 0.717) is 5.75 Å². The zero-order chi connectivity index (χ0) is 15.7. The van der Waals surface area contributed by atoms with E-state index in [9.17, 15) is 13.2 Å². The molecule has 0 aliphatic rings. The number of alkyl halides is 3. The number of rotatable bonds is 9. The topological polar surface area (TPSA) is 24.5 Å². The van der Waals surface area contributed by atoms with Crippen molar-refractivity contribution >= 4 is 0 Å². The molecule has 0 amide bonds. The molecular formula is C15H23F3N2O. The highest BCUT2D eigenvalue weighted by molar-refractivity contribution is 5.27. The van der Waals surface area contributed by atoms with E-state index in [-0.39, 0.29) is 13.2 Å². The molecule has 0 aromatic heterocycles. The summed E-state index contributed by atoms with van der Waals surface area (Å²) in [6.07, 6.45) is -3.07. The lowest BCUT2D eigenvalue weighted by molar-refractivity contribution is -0.143. The van der Waals surface area contributed by atoms with Crippen LogP contribution in [0.4, 0.5) is 13.2 Å². The SMILES string of the molecule is CCCNCc1ccc(OCCN(C)CC(F)(F)F)cc1. The highest BCUT2D eigenvalue weighted by Crippen LogP contribution is 2.16. The number of nitrogens with zero attached hydrogens (tertiary/aromatic N) is 1. The molecule has 0 fully saturated rings. The highest BCUT2D eigenvalue weighted by atomic mass is 19.4. The van der Waals surface area contributed by atoms with Crippen LogP contribution in [0, 0.1) is 0 Å². The quantitative estimate of drug-likeness (QED) is 0.710. The van der Waals surface area contributed by atoms with Crippen molar-refractivity contribution in [2.75, 3.05) is 33.3 Å². The minimum Gasteiger partial charge on any atom is -0.492 e. The third-order valence-electron chi connectivity index (χ3n) is 2.87. The second-order valence-electron chi connectivity index (χ2n) is 5.02. The zero-order valence-electron chi connectivity index (χ0n) is 12.5. The zero-order valence-corrected chi connectivity index (χ0v) is 12.5. The number of benzene rings is 1. The van der Waals surface area contributed by atoms with Crippen LogP contribution in [0.2, 0.25) is 0 Å². The summed E-state index contributed by atoms with van der Waals surface area (Å²) >= 11 is 0. The molecule has 3 nitrogen and oxygen atoms in total. The van der Waals surface area contributed by atoms with E-state index >= 15 is 0 Å². The molecule has 1 aromatic carbocycles. The molecule has 0 saturated heterocycles. The third kappa shape index (κ3) is 8.57. The van der Waals surface area contributed by atoms with Gasteiger partial charge in [-0.1, -0.05) is 19.1 Å². The van der Waals surface area contributed by atoms with Gasteiger partial charge in [0.25, 0.3) is 0 Å². The fourth-order valence-corrected chi connectivity index (χ4v) is 1.82. The lowest BCUT2D eigenvalue weighted by Gasteiger charge is -2.18. The molecule has 0 aliphatic heterocycles. The van der Waals surface area contributed by atoms with Crippen molar-refractivity contribution < 1.29 is 17.9 Å². The summed E-state index contributed by atoms with van der Waals surface area (Å²) in [5.74, 6) is 0.676. The number of nitrogens with one attached hydrogen (secondary N) is 1. The first kappa shape index (κ1) is 17.8. The van der Waals surface area contributed by atoms with Gasteiger partial charge in [0.1, 0.15) is 12.4 Å². The molecule has 1 N–H and O–H groups in total. The summed E-state index contributed by atoms with van der Waals surface area (Å²) in [6, 6.07) is 7.59. The van der Waals surface area contributed by atoms with Gasteiger partial charge in [-0.2, -0.15) is 13.2 Å². The average molecular weight is 304 g/mol. The van der Waals surface area contributed by atoms with Gasteiger partial charge in [-0.05, 0) is 37.7 Å². The van der Waals surface area contributed by atoms with E-state index in [1.54, 1.807) is 0 Å². The van der Waals surface area contributed by atoms with E-state index in [1.807, 2.05) is 24.3 Å².